The number of aliphatic hydroxyl groups excluding tert-OH is 2. The summed E-state index contributed by atoms with van der Waals surface area (Å²) in [6.07, 6.45) is 45.3. The Labute approximate surface area is 318 Å². The molecule has 0 aliphatic carbocycles. The molecule has 0 saturated heterocycles. The SMILES string of the molecule is CC/C=C\C/C=C\C/C=C\C/C=C\C/C=C\CC(=O)OC(CO)COP(=O)(O)OCC(CO)OC(=O)CCCC/C=C\C/C=C\C/C=C\C/C=C\CC. The highest BCUT2D eigenvalue weighted by Crippen LogP contribution is 2.43. The molecule has 11 heteroatoms. The molecular formula is C42H65O10P. The summed E-state index contributed by atoms with van der Waals surface area (Å²) >= 11 is 0. The van der Waals surface area contributed by atoms with Gasteiger partial charge < -0.3 is 24.6 Å². The van der Waals surface area contributed by atoms with Crippen LogP contribution in [-0.4, -0.2) is 65.7 Å². The molecule has 298 valence electrons. The van der Waals surface area contributed by atoms with Gasteiger partial charge in [0.25, 0.3) is 0 Å². The van der Waals surface area contributed by atoms with Crippen molar-refractivity contribution in [1.82, 2.24) is 0 Å². The van der Waals surface area contributed by atoms with Crippen molar-refractivity contribution in [2.75, 3.05) is 26.4 Å². The van der Waals surface area contributed by atoms with E-state index in [4.69, 9.17) is 18.5 Å². The number of aliphatic hydroxyl groups is 2. The maximum Gasteiger partial charge on any atom is 0.472 e. The predicted octanol–water partition coefficient (Wildman–Crippen LogP) is 9.44. The molecule has 3 atom stereocenters. The second-order valence-electron chi connectivity index (χ2n) is 11.8. The Bertz CT molecular complexity index is 1240. The quantitative estimate of drug-likeness (QED) is 0.0256. The lowest BCUT2D eigenvalue weighted by Gasteiger charge is -2.20. The molecule has 53 heavy (non-hydrogen) atoms. The van der Waals surface area contributed by atoms with Crippen LogP contribution in [0, 0.1) is 0 Å². The molecule has 0 radical (unpaired) electrons. The average Bonchev–Trinajstić information content (AvgIpc) is 3.14. The molecule has 0 fully saturated rings. The Morgan fingerprint density at radius 2 is 0.887 bits per heavy atom. The van der Waals surface area contributed by atoms with Crippen LogP contribution in [0.2, 0.25) is 0 Å². The van der Waals surface area contributed by atoms with E-state index < -0.39 is 58.4 Å². The number of unbranched alkanes of at least 4 members (excludes halogenated alkanes) is 2. The van der Waals surface area contributed by atoms with Gasteiger partial charge in [0.1, 0.15) is 12.2 Å². The van der Waals surface area contributed by atoms with Crippen LogP contribution in [0.3, 0.4) is 0 Å². The van der Waals surface area contributed by atoms with E-state index in [0.717, 1.165) is 64.2 Å². The summed E-state index contributed by atoms with van der Waals surface area (Å²) in [5, 5.41) is 19.1. The number of ether oxygens (including phenoxy) is 2. The van der Waals surface area contributed by atoms with E-state index >= 15 is 0 Å². The number of phosphoric ester groups is 1. The summed E-state index contributed by atoms with van der Waals surface area (Å²) in [7, 11) is -4.68. The van der Waals surface area contributed by atoms with Crippen molar-refractivity contribution in [3.05, 3.63) is 109 Å². The van der Waals surface area contributed by atoms with Crippen LogP contribution in [0.15, 0.2) is 109 Å². The molecule has 0 bridgehead atoms. The molecule has 0 heterocycles. The predicted molar refractivity (Wildman–Crippen MR) is 214 cm³/mol. The van der Waals surface area contributed by atoms with E-state index in [1.807, 2.05) is 18.2 Å². The Morgan fingerprint density at radius 1 is 0.528 bits per heavy atom. The summed E-state index contributed by atoms with van der Waals surface area (Å²) in [5.41, 5.74) is 0. The molecule has 0 rings (SSSR count). The Balaban J connectivity index is 4.19. The number of carbonyl (C=O) groups excluding carboxylic acids is 2. The van der Waals surface area contributed by atoms with E-state index in [-0.39, 0.29) is 12.8 Å². The largest absolute Gasteiger partial charge is 0.472 e. The van der Waals surface area contributed by atoms with Crippen LogP contribution in [-0.2, 0) is 32.7 Å². The number of carbonyl (C=O) groups is 2. The first-order chi connectivity index (χ1) is 25.8. The van der Waals surface area contributed by atoms with Crippen molar-refractivity contribution in [1.29, 1.82) is 0 Å². The van der Waals surface area contributed by atoms with Crippen molar-refractivity contribution in [3.63, 3.8) is 0 Å². The van der Waals surface area contributed by atoms with Crippen LogP contribution in [0.1, 0.15) is 104 Å². The van der Waals surface area contributed by atoms with Gasteiger partial charge >= 0.3 is 19.8 Å². The maximum absolute atomic E-state index is 12.3. The Morgan fingerprint density at radius 3 is 1.28 bits per heavy atom. The van der Waals surface area contributed by atoms with Gasteiger partial charge in [0.2, 0.25) is 0 Å². The van der Waals surface area contributed by atoms with E-state index in [1.165, 1.54) is 0 Å². The minimum Gasteiger partial charge on any atom is -0.457 e. The standard InChI is InChI=1S/C42H65O10P/c1-3-5-7-9-11-13-15-17-19-21-23-25-27-29-31-33-41(45)51-39(35-43)37-49-53(47,48)50-38-40(36-44)52-42(46)34-32-30-28-26-24-22-20-18-16-14-12-10-8-6-4-2/h5-8,11-14,17-20,23-26,29,31,39-40,43-44H,3-4,9-10,15-16,21-22,27-28,30,32-38H2,1-2H3,(H,47,48)/b7-5-,8-6-,13-11-,14-12-,19-17-,20-18-,25-23-,26-24-,31-29-. The Hall–Kier alpha value is -3.37. The van der Waals surface area contributed by atoms with Gasteiger partial charge in [0, 0.05) is 6.42 Å². The number of hydrogen-bond donors (Lipinski definition) is 3. The number of allylic oxidation sites excluding steroid dienone is 17. The third-order valence-corrected chi connectivity index (χ3v) is 7.96. The fourth-order valence-corrected chi connectivity index (χ4v) is 4.96. The van der Waals surface area contributed by atoms with Crippen molar-refractivity contribution in [3.8, 4) is 0 Å². The minimum atomic E-state index is -4.68. The summed E-state index contributed by atoms with van der Waals surface area (Å²) in [6.45, 7) is 1.77. The van der Waals surface area contributed by atoms with Crippen LogP contribution in [0.25, 0.3) is 0 Å². The molecule has 0 amide bonds. The molecule has 3 N–H and O–H groups in total. The van der Waals surface area contributed by atoms with Gasteiger partial charge in [-0.2, -0.15) is 0 Å². The molecule has 0 aromatic heterocycles. The molecule has 0 saturated carbocycles. The van der Waals surface area contributed by atoms with Gasteiger partial charge in [0.15, 0.2) is 0 Å². The highest BCUT2D eigenvalue weighted by molar-refractivity contribution is 7.47. The molecular weight excluding hydrogens is 695 g/mol. The molecule has 0 aliphatic heterocycles. The summed E-state index contributed by atoms with van der Waals surface area (Å²) < 4.78 is 32.3. The van der Waals surface area contributed by atoms with E-state index in [2.05, 4.69) is 98.9 Å². The normalized spacial score (nSPS) is 15.2. The van der Waals surface area contributed by atoms with Crippen LogP contribution in [0.5, 0.6) is 0 Å². The lowest BCUT2D eigenvalue weighted by Crippen LogP contribution is -2.28. The van der Waals surface area contributed by atoms with Crippen molar-refractivity contribution >= 4 is 19.8 Å². The van der Waals surface area contributed by atoms with E-state index in [9.17, 15) is 29.3 Å². The summed E-state index contributed by atoms with van der Waals surface area (Å²) in [6, 6.07) is 0. The fraction of sp³-hybridized carbons (Fsp3) is 0.524. The molecule has 0 spiro atoms. The van der Waals surface area contributed by atoms with Gasteiger partial charge in [-0.25, -0.2) is 4.57 Å². The van der Waals surface area contributed by atoms with Gasteiger partial charge in [-0.1, -0.05) is 123 Å². The minimum absolute atomic E-state index is 0.0503. The average molecular weight is 761 g/mol. The first kappa shape index (κ1) is 49.6. The third-order valence-electron chi connectivity index (χ3n) is 7.01. The second-order valence-corrected chi connectivity index (χ2v) is 13.3. The topological polar surface area (TPSA) is 149 Å². The lowest BCUT2D eigenvalue weighted by atomic mass is 10.2. The molecule has 0 aliphatic rings. The monoisotopic (exact) mass is 760 g/mol. The van der Waals surface area contributed by atoms with E-state index in [0.29, 0.717) is 12.8 Å². The zero-order valence-electron chi connectivity index (χ0n) is 31.9. The second kappa shape index (κ2) is 37.0. The zero-order chi connectivity index (χ0) is 39.1. The van der Waals surface area contributed by atoms with Gasteiger partial charge in [-0.15, -0.1) is 0 Å². The molecule has 10 nitrogen and oxygen atoms in total. The highest BCUT2D eigenvalue weighted by Gasteiger charge is 2.27. The smallest absolute Gasteiger partial charge is 0.457 e. The lowest BCUT2D eigenvalue weighted by molar-refractivity contribution is -0.153. The van der Waals surface area contributed by atoms with Crippen LogP contribution >= 0.6 is 7.82 Å². The van der Waals surface area contributed by atoms with Gasteiger partial charge in [0.05, 0.1) is 32.8 Å². The number of hydrogen-bond acceptors (Lipinski definition) is 9. The van der Waals surface area contributed by atoms with Crippen LogP contribution < -0.4 is 0 Å². The highest BCUT2D eigenvalue weighted by atomic mass is 31.2. The molecule has 0 aromatic carbocycles. The summed E-state index contributed by atoms with van der Waals surface area (Å²) in [4.78, 5) is 34.3. The van der Waals surface area contributed by atoms with Gasteiger partial charge in [-0.3, -0.25) is 18.6 Å². The van der Waals surface area contributed by atoms with Crippen molar-refractivity contribution < 1.29 is 47.8 Å². The third kappa shape index (κ3) is 35.4. The Kier molecular flexibility index (Phi) is 34.6. The number of phosphoric acid groups is 1. The van der Waals surface area contributed by atoms with E-state index in [1.54, 1.807) is 6.08 Å². The number of rotatable bonds is 33. The fourth-order valence-electron chi connectivity index (χ4n) is 4.18. The first-order valence-electron chi connectivity index (χ1n) is 18.8. The molecule has 0 aromatic rings. The van der Waals surface area contributed by atoms with Gasteiger partial charge in [-0.05, 0) is 77.0 Å². The molecule has 3 unspecified atom stereocenters. The first-order valence-corrected chi connectivity index (χ1v) is 20.3. The zero-order valence-corrected chi connectivity index (χ0v) is 32.8. The van der Waals surface area contributed by atoms with Crippen LogP contribution in [0.4, 0.5) is 0 Å². The summed E-state index contributed by atoms with van der Waals surface area (Å²) in [5.74, 6) is -1.21. The maximum atomic E-state index is 12.3. The number of esters is 2. The van der Waals surface area contributed by atoms with Crippen molar-refractivity contribution in [2.45, 2.75) is 116 Å². The van der Waals surface area contributed by atoms with Crippen molar-refractivity contribution in [2.24, 2.45) is 0 Å².